The highest BCUT2D eigenvalue weighted by atomic mass is 16.7. The van der Waals surface area contributed by atoms with Crippen molar-refractivity contribution in [1.82, 2.24) is 10.6 Å². The Hall–Kier alpha value is -0.850. The van der Waals surface area contributed by atoms with Crippen LogP contribution in [0.15, 0.2) is 0 Å². The maximum atomic E-state index is 10.6. The molecule has 1 amide bonds. The summed E-state index contributed by atoms with van der Waals surface area (Å²) in [6, 6.07) is 0. The number of carbonyl (C=O) groups is 1. The number of hydrogen-bond acceptors (Lipinski definition) is 9. The fourth-order valence-electron chi connectivity index (χ4n) is 1.67. The summed E-state index contributed by atoms with van der Waals surface area (Å²) in [7, 11) is 1.52. The van der Waals surface area contributed by atoms with Gasteiger partial charge in [-0.05, 0) is 14.0 Å². The van der Waals surface area contributed by atoms with Crippen LogP contribution >= 0.6 is 0 Å². The van der Waals surface area contributed by atoms with E-state index in [9.17, 15) is 15.0 Å². The number of carbonyl (C=O) groups excluding carboxylic acids is 1. The van der Waals surface area contributed by atoms with E-state index in [2.05, 4.69) is 10.6 Å². The van der Waals surface area contributed by atoms with E-state index in [4.69, 9.17) is 24.1 Å². The molecule has 5 N–H and O–H groups in total. The number of ether oxygens (including phenoxy) is 4. The summed E-state index contributed by atoms with van der Waals surface area (Å²) in [6.07, 6.45) is -3.96. The Labute approximate surface area is 148 Å². The second-order valence-electron chi connectivity index (χ2n) is 5.28. The van der Waals surface area contributed by atoms with Gasteiger partial charge in [0.25, 0.3) is 0 Å². The first kappa shape index (κ1) is 24.1. The van der Waals surface area contributed by atoms with Gasteiger partial charge < -0.3 is 39.6 Å². The van der Waals surface area contributed by atoms with Gasteiger partial charge in [0.1, 0.15) is 6.10 Å². The first-order chi connectivity index (χ1) is 11.9. The fraction of sp³-hybridized carbons (Fsp3) is 0.933. The molecular weight excluding hydrogens is 336 g/mol. The molecule has 0 aliphatic carbocycles. The maximum absolute atomic E-state index is 10.6. The molecule has 10 heteroatoms. The summed E-state index contributed by atoms with van der Waals surface area (Å²) in [5.41, 5.74) is 0. The molecule has 0 heterocycles. The van der Waals surface area contributed by atoms with E-state index in [1.54, 1.807) is 0 Å². The van der Waals surface area contributed by atoms with Crippen LogP contribution in [-0.2, 0) is 23.7 Å². The van der Waals surface area contributed by atoms with Crippen molar-refractivity contribution in [2.24, 2.45) is 0 Å². The number of aliphatic hydroxyl groups excluding tert-OH is 3. The average Bonchev–Trinajstić information content (AvgIpc) is 2.57. The van der Waals surface area contributed by atoms with E-state index in [1.807, 2.05) is 0 Å². The molecule has 0 saturated carbocycles. The summed E-state index contributed by atoms with van der Waals surface area (Å²) < 4.78 is 21.3. The Bertz CT molecular complexity index is 333. The zero-order chi connectivity index (χ0) is 19.1. The number of nitrogens with one attached hydrogen (secondary N) is 2. The lowest BCUT2D eigenvalue weighted by atomic mass is 10.2. The SMILES string of the molecule is CNC(O)C(OCCOCCOCCNC(C)=O)OC(CO)C(C)O. The second kappa shape index (κ2) is 15.4. The predicted molar refractivity (Wildman–Crippen MR) is 88.8 cm³/mol. The van der Waals surface area contributed by atoms with Crippen molar-refractivity contribution < 1.29 is 39.1 Å². The Balaban J connectivity index is 3.83. The summed E-state index contributed by atoms with van der Waals surface area (Å²) in [5.74, 6) is -0.100. The molecule has 0 fully saturated rings. The molecular formula is C15H32N2O8. The van der Waals surface area contributed by atoms with Crippen molar-refractivity contribution in [2.45, 2.75) is 38.6 Å². The van der Waals surface area contributed by atoms with E-state index < -0.39 is 31.3 Å². The lowest BCUT2D eigenvalue weighted by Crippen LogP contribution is -2.46. The minimum Gasteiger partial charge on any atom is -0.394 e. The molecule has 0 rings (SSSR count). The van der Waals surface area contributed by atoms with Crippen molar-refractivity contribution in [3.63, 3.8) is 0 Å². The van der Waals surface area contributed by atoms with Gasteiger partial charge in [-0.25, -0.2) is 0 Å². The summed E-state index contributed by atoms with van der Waals surface area (Å²) >= 11 is 0. The van der Waals surface area contributed by atoms with Gasteiger partial charge >= 0.3 is 0 Å². The molecule has 0 spiro atoms. The Kier molecular flexibility index (Phi) is 14.9. The highest BCUT2D eigenvalue weighted by Crippen LogP contribution is 2.07. The third-order valence-corrected chi connectivity index (χ3v) is 3.08. The molecule has 0 aromatic carbocycles. The van der Waals surface area contributed by atoms with E-state index >= 15 is 0 Å². The van der Waals surface area contributed by atoms with Crippen LogP contribution in [0.1, 0.15) is 13.8 Å². The van der Waals surface area contributed by atoms with Gasteiger partial charge in [0.2, 0.25) is 5.91 Å². The Morgan fingerprint density at radius 2 is 1.68 bits per heavy atom. The van der Waals surface area contributed by atoms with Crippen LogP contribution in [-0.4, -0.2) is 99.2 Å². The molecule has 0 radical (unpaired) electrons. The summed E-state index contributed by atoms with van der Waals surface area (Å²) in [6.45, 7) is 4.51. The van der Waals surface area contributed by atoms with Gasteiger partial charge in [0.15, 0.2) is 12.5 Å². The molecule has 10 nitrogen and oxygen atoms in total. The van der Waals surface area contributed by atoms with E-state index in [1.165, 1.54) is 20.9 Å². The minimum absolute atomic E-state index is 0.100. The minimum atomic E-state index is -1.12. The van der Waals surface area contributed by atoms with Crippen molar-refractivity contribution in [3.8, 4) is 0 Å². The maximum Gasteiger partial charge on any atom is 0.216 e. The van der Waals surface area contributed by atoms with Crippen LogP contribution in [0.3, 0.4) is 0 Å². The fourth-order valence-corrected chi connectivity index (χ4v) is 1.67. The molecule has 0 aliphatic rings. The van der Waals surface area contributed by atoms with E-state index in [0.717, 1.165) is 0 Å². The third-order valence-electron chi connectivity index (χ3n) is 3.08. The van der Waals surface area contributed by atoms with Gasteiger partial charge in [-0.1, -0.05) is 0 Å². The van der Waals surface area contributed by atoms with Gasteiger partial charge in [-0.3, -0.25) is 10.1 Å². The van der Waals surface area contributed by atoms with Crippen LogP contribution in [0.5, 0.6) is 0 Å². The van der Waals surface area contributed by atoms with Gasteiger partial charge in [0.05, 0.1) is 45.7 Å². The monoisotopic (exact) mass is 368 g/mol. The molecule has 150 valence electrons. The van der Waals surface area contributed by atoms with Crippen molar-refractivity contribution in [1.29, 1.82) is 0 Å². The highest BCUT2D eigenvalue weighted by molar-refractivity contribution is 5.72. The summed E-state index contributed by atoms with van der Waals surface area (Å²) in [5, 5.41) is 33.6. The number of aliphatic hydroxyl groups is 3. The smallest absolute Gasteiger partial charge is 0.216 e. The van der Waals surface area contributed by atoms with Crippen molar-refractivity contribution in [2.75, 3.05) is 53.2 Å². The standard InChI is InChI=1S/C15H32N2O8/c1-11(19)13(10-18)25-15(14(21)16-3)24-9-8-23-7-6-22-5-4-17-12(2)20/h11,13-16,18-19,21H,4-10H2,1-3H3,(H,17,20). The molecule has 0 bridgehead atoms. The first-order valence-electron chi connectivity index (χ1n) is 8.23. The molecule has 0 aromatic heterocycles. The normalized spacial score (nSPS) is 16.2. The average molecular weight is 368 g/mol. The molecule has 4 unspecified atom stereocenters. The molecule has 25 heavy (non-hydrogen) atoms. The summed E-state index contributed by atoms with van der Waals surface area (Å²) in [4.78, 5) is 10.6. The zero-order valence-corrected chi connectivity index (χ0v) is 15.1. The number of hydrogen-bond donors (Lipinski definition) is 5. The van der Waals surface area contributed by atoms with Crippen LogP contribution in [0, 0.1) is 0 Å². The molecule has 4 atom stereocenters. The topological polar surface area (TPSA) is 139 Å². The predicted octanol–water partition coefficient (Wildman–Crippen LogP) is -2.21. The molecule has 0 saturated heterocycles. The van der Waals surface area contributed by atoms with Crippen LogP contribution in [0.2, 0.25) is 0 Å². The zero-order valence-electron chi connectivity index (χ0n) is 15.1. The van der Waals surface area contributed by atoms with E-state index in [-0.39, 0.29) is 19.1 Å². The quantitative estimate of drug-likeness (QED) is 0.152. The lowest BCUT2D eigenvalue weighted by Gasteiger charge is -2.28. The third kappa shape index (κ3) is 13.1. The first-order valence-corrected chi connectivity index (χ1v) is 8.23. The number of rotatable bonds is 16. The number of likely N-dealkylation sites (N-methyl/N-ethyl adjacent to an activating group) is 1. The Morgan fingerprint density at radius 3 is 2.20 bits per heavy atom. The van der Waals surface area contributed by atoms with E-state index in [0.29, 0.717) is 26.4 Å². The van der Waals surface area contributed by atoms with Crippen molar-refractivity contribution in [3.05, 3.63) is 0 Å². The molecule has 0 aliphatic heterocycles. The van der Waals surface area contributed by atoms with Crippen LogP contribution in [0.25, 0.3) is 0 Å². The van der Waals surface area contributed by atoms with Crippen LogP contribution < -0.4 is 10.6 Å². The largest absolute Gasteiger partial charge is 0.394 e. The number of amides is 1. The van der Waals surface area contributed by atoms with Crippen molar-refractivity contribution >= 4 is 5.91 Å². The van der Waals surface area contributed by atoms with Gasteiger partial charge in [-0.2, -0.15) is 0 Å². The Morgan fingerprint density at radius 1 is 1.08 bits per heavy atom. The highest BCUT2D eigenvalue weighted by Gasteiger charge is 2.25. The second-order valence-corrected chi connectivity index (χ2v) is 5.28. The van der Waals surface area contributed by atoms with Gasteiger partial charge in [0, 0.05) is 13.5 Å². The lowest BCUT2D eigenvalue weighted by molar-refractivity contribution is -0.242. The molecule has 0 aromatic rings. The van der Waals surface area contributed by atoms with Crippen LogP contribution in [0.4, 0.5) is 0 Å². The van der Waals surface area contributed by atoms with Gasteiger partial charge in [-0.15, -0.1) is 0 Å².